The molecule has 1 nitrogen and oxygen atoms in total. The molecule has 0 saturated heterocycles. The Kier molecular flexibility index (Phi) is 2.82. The van der Waals surface area contributed by atoms with E-state index in [1.165, 1.54) is 12.1 Å². The number of benzene rings is 1. The van der Waals surface area contributed by atoms with Crippen molar-refractivity contribution in [3.05, 3.63) is 35.4 Å². The lowest BCUT2D eigenvalue weighted by Crippen LogP contribution is -2.06. The number of hydrogen-bond acceptors (Lipinski definition) is 1. The van der Waals surface area contributed by atoms with Crippen molar-refractivity contribution < 1.29 is 18.3 Å². The Bertz CT molecular complexity index is 362. The normalized spacial score (nSPS) is 13.4. The van der Waals surface area contributed by atoms with Gasteiger partial charge in [-0.05, 0) is 17.7 Å². The molecule has 0 aliphatic heterocycles. The smallest absolute Gasteiger partial charge is 0.376 e. The van der Waals surface area contributed by atoms with E-state index in [4.69, 9.17) is 11.5 Å². The Morgan fingerprint density at radius 1 is 1.36 bits per heavy atom. The fraction of sp³-hybridized carbons (Fsp3) is 0.200. The molecule has 0 saturated carbocycles. The third-order valence-corrected chi connectivity index (χ3v) is 1.69. The van der Waals surface area contributed by atoms with Crippen LogP contribution in [0, 0.1) is 12.3 Å². The SMILES string of the molecule is C#C[C@H](O)c1cccc(C(F)(F)F)c1. The lowest BCUT2D eigenvalue weighted by molar-refractivity contribution is -0.137. The number of terminal acetylenes is 1. The van der Waals surface area contributed by atoms with E-state index in [1.807, 2.05) is 5.92 Å². The number of halogens is 3. The highest BCUT2D eigenvalue weighted by molar-refractivity contribution is 5.30. The molecule has 0 aromatic heterocycles. The molecular formula is C10H7F3O. The van der Waals surface area contributed by atoms with E-state index in [0.29, 0.717) is 0 Å². The Hall–Kier alpha value is -1.47. The van der Waals surface area contributed by atoms with E-state index in [2.05, 4.69) is 0 Å². The van der Waals surface area contributed by atoms with E-state index >= 15 is 0 Å². The van der Waals surface area contributed by atoms with Crippen LogP contribution in [0.15, 0.2) is 24.3 Å². The second kappa shape index (κ2) is 3.72. The zero-order chi connectivity index (χ0) is 10.8. The quantitative estimate of drug-likeness (QED) is 0.690. The highest BCUT2D eigenvalue weighted by atomic mass is 19.4. The van der Waals surface area contributed by atoms with Crippen LogP contribution in [-0.2, 0) is 6.18 Å². The summed E-state index contributed by atoms with van der Waals surface area (Å²) in [5, 5.41) is 9.12. The van der Waals surface area contributed by atoms with Crippen LogP contribution in [0.5, 0.6) is 0 Å². The molecule has 0 heterocycles. The number of aliphatic hydroxyl groups is 1. The summed E-state index contributed by atoms with van der Waals surface area (Å²) in [4.78, 5) is 0. The second-order valence-corrected chi connectivity index (χ2v) is 2.69. The summed E-state index contributed by atoms with van der Waals surface area (Å²) in [6, 6.07) is 4.32. The van der Waals surface area contributed by atoms with Crippen molar-refractivity contribution in [2.75, 3.05) is 0 Å². The van der Waals surface area contributed by atoms with E-state index < -0.39 is 17.8 Å². The van der Waals surface area contributed by atoms with Crippen molar-refractivity contribution in [1.29, 1.82) is 0 Å². The van der Waals surface area contributed by atoms with Crippen molar-refractivity contribution in [2.45, 2.75) is 12.3 Å². The van der Waals surface area contributed by atoms with Crippen molar-refractivity contribution >= 4 is 0 Å². The van der Waals surface area contributed by atoms with Crippen LogP contribution in [-0.4, -0.2) is 5.11 Å². The lowest BCUT2D eigenvalue weighted by Gasteiger charge is -2.09. The molecular weight excluding hydrogens is 193 g/mol. The summed E-state index contributed by atoms with van der Waals surface area (Å²) in [6.45, 7) is 0. The van der Waals surface area contributed by atoms with Crippen LogP contribution >= 0.6 is 0 Å². The fourth-order valence-electron chi connectivity index (χ4n) is 0.981. The topological polar surface area (TPSA) is 20.2 Å². The summed E-state index contributed by atoms with van der Waals surface area (Å²) in [7, 11) is 0. The van der Waals surface area contributed by atoms with Gasteiger partial charge in [-0.15, -0.1) is 6.42 Å². The maximum Gasteiger partial charge on any atom is 0.416 e. The van der Waals surface area contributed by atoms with Crippen LogP contribution in [0.4, 0.5) is 13.2 Å². The maximum absolute atomic E-state index is 12.2. The standard InChI is InChI=1S/C10H7F3O/c1-2-9(14)7-4-3-5-8(6-7)10(11,12)13/h1,3-6,9,14H/t9-/m0/s1. The van der Waals surface area contributed by atoms with Crippen LogP contribution in [0.1, 0.15) is 17.2 Å². The molecule has 1 aromatic carbocycles. The van der Waals surface area contributed by atoms with Gasteiger partial charge in [0, 0.05) is 0 Å². The first-order valence-electron chi connectivity index (χ1n) is 3.76. The van der Waals surface area contributed by atoms with Gasteiger partial charge in [0.05, 0.1) is 5.56 Å². The summed E-state index contributed by atoms with van der Waals surface area (Å²) < 4.78 is 36.6. The van der Waals surface area contributed by atoms with Crippen LogP contribution in [0.25, 0.3) is 0 Å². The van der Waals surface area contributed by atoms with Gasteiger partial charge in [-0.25, -0.2) is 0 Å². The molecule has 0 spiro atoms. The molecule has 74 valence electrons. The van der Waals surface area contributed by atoms with E-state index in [9.17, 15) is 13.2 Å². The molecule has 4 heteroatoms. The zero-order valence-electron chi connectivity index (χ0n) is 7.05. The van der Waals surface area contributed by atoms with Gasteiger partial charge < -0.3 is 5.11 Å². The van der Waals surface area contributed by atoms with Crippen LogP contribution in [0.2, 0.25) is 0 Å². The lowest BCUT2D eigenvalue weighted by atomic mass is 10.1. The van der Waals surface area contributed by atoms with Gasteiger partial charge in [0.1, 0.15) is 6.10 Å². The fourth-order valence-corrected chi connectivity index (χ4v) is 0.981. The summed E-state index contributed by atoms with van der Waals surface area (Å²) in [5.74, 6) is 1.95. The molecule has 0 amide bonds. The average Bonchev–Trinajstić information content (AvgIpc) is 2.15. The summed E-state index contributed by atoms with van der Waals surface area (Å²) >= 11 is 0. The largest absolute Gasteiger partial charge is 0.416 e. The number of alkyl halides is 3. The Labute approximate surface area is 79.2 Å². The third-order valence-electron chi connectivity index (χ3n) is 1.69. The molecule has 1 rings (SSSR count). The minimum atomic E-state index is -4.41. The van der Waals surface area contributed by atoms with Gasteiger partial charge in [0.2, 0.25) is 0 Å². The van der Waals surface area contributed by atoms with Gasteiger partial charge in [0.25, 0.3) is 0 Å². The summed E-state index contributed by atoms with van der Waals surface area (Å²) in [5.41, 5.74) is -0.744. The van der Waals surface area contributed by atoms with Gasteiger partial charge in [0.15, 0.2) is 0 Å². The third kappa shape index (κ3) is 2.27. The monoisotopic (exact) mass is 200 g/mol. The molecule has 1 atom stereocenters. The molecule has 0 fully saturated rings. The molecule has 0 bridgehead atoms. The average molecular weight is 200 g/mol. The number of hydrogen-bond donors (Lipinski definition) is 1. The van der Waals surface area contributed by atoms with Crippen LogP contribution < -0.4 is 0 Å². The first-order chi connectivity index (χ1) is 6.45. The van der Waals surface area contributed by atoms with Crippen molar-refractivity contribution in [3.63, 3.8) is 0 Å². The van der Waals surface area contributed by atoms with E-state index in [-0.39, 0.29) is 5.56 Å². The zero-order valence-corrected chi connectivity index (χ0v) is 7.05. The first-order valence-corrected chi connectivity index (χ1v) is 3.76. The Balaban J connectivity index is 3.09. The molecule has 1 N–H and O–H groups in total. The highest BCUT2D eigenvalue weighted by Crippen LogP contribution is 2.30. The first kappa shape index (κ1) is 10.6. The predicted octanol–water partition coefficient (Wildman–Crippen LogP) is 2.37. The van der Waals surface area contributed by atoms with Gasteiger partial charge in [-0.3, -0.25) is 0 Å². The summed E-state index contributed by atoms with van der Waals surface area (Å²) in [6.07, 6.45) is -0.825. The Morgan fingerprint density at radius 2 is 2.00 bits per heavy atom. The highest BCUT2D eigenvalue weighted by Gasteiger charge is 2.30. The van der Waals surface area contributed by atoms with E-state index in [0.717, 1.165) is 12.1 Å². The van der Waals surface area contributed by atoms with Gasteiger partial charge in [-0.1, -0.05) is 18.1 Å². The van der Waals surface area contributed by atoms with Crippen molar-refractivity contribution in [3.8, 4) is 12.3 Å². The predicted molar refractivity (Wildman–Crippen MR) is 45.2 cm³/mol. The van der Waals surface area contributed by atoms with Gasteiger partial charge >= 0.3 is 6.18 Å². The maximum atomic E-state index is 12.2. The molecule has 0 unspecified atom stereocenters. The van der Waals surface area contributed by atoms with Crippen LogP contribution in [0.3, 0.4) is 0 Å². The van der Waals surface area contributed by atoms with E-state index in [1.54, 1.807) is 0 Å². The van der Waals surface area contributed by atoms with Gasteiger partial charge in [-0.2, -0.15) is 13.2 Å². The molecule has 1 aromatic rings. The van der Waals surface area contributed by atoms with Crippen molar-refractivity contribution in [1.82, 2.24) is 0 Å². The van der Waals surface area contributed by atoms with Crippen molar-refractivity contribution in [2.24, 2.45) is 0 Å². The molecule has 14 heavy (non-hydrogen) atoms. The number of rotatable bonds is 1. The minimum Gasteiger partial charge on any atom is -0.376 e. The molecule has 0 aliphatic rings. The number of aliphatic hydroxyl groups excluding tert-OH is 1. The Morgan fingerprint density at radius 3 is 2.50 bits per heavy atom. The minimum absolute atomic E-state index is 0.0716. The molecule has 0 aliphatic carbocycles. The molecule has 0 radical (unpaired) electrons. The second-order valence-electron chi connectivity index (χ2n) is 2.69.